The molecule has 1 amide bonds. The van der Waals surface area contributed by atoms with Gasteiger partial charge in [-0.15, -0.1) is 0 Å². The second kappa shape index (κ2) is 10.5. The van der Waals surface area contributed by atoms with Crippen molar-refractivity contribution in [2.45, 2.75) is 32.5 Å². The van der Waals surface area contributed by atoms with Crippen LogP contribution >= 0.6 is 0 Å². The van der Waals surface area contributed by atoms with Gasteiger partial charge in [0.2, 0.25) is 11.2 Å². The van der Waals surface area contributed by atoms with Crippen molar-refractivity contribution in [2.75, 3.05) is 33.9 Å². The van der Waals surface area contributed by atoms with Crippen LogP contribution < -0.4 is 19.6 Å². The number of benzene rings is 2. The zero-order chi connectivity index (χ0) is 25.1. The van der Waals surface area contributed by atoms with Crippen molar-refractivity contribution in [2.24, 2.45) is 0 Å². The van der Waals surface area contributed by atoms with E-state index >= 15 is 0 Å². The molecule has 36 heavy (non-hydrogen) atoms. The Balaban J connectivity index is 1.17. The van der Waals surface area contributed by atoms with Crippen molar-refractivity contribution in [1.29, 1.82) is 0 Å². The molecule has 5 rings (SSSR count). The molecule has 0 saturated heterocycles. The molecule has 3 aromatic rings. The summed E-state index contributed by atoms with van der Waals surface area (Å²) in [6.07, 6.45) is 2.99. The molecule has 2 aromatic carbocycles. The van der Waals surface area contributed by atoms with Crippen LogP contribution in [0.4, 0.5) is 0 Å². The number of amides is 1. The van der Waals surface area contributed by atoms with Crippen LogP contribution in [0.2, 0.25) is 0 Å². The van der Waals surface area contributed by atoms with Gasteiger partial charge >= 0.3 is 0 Å². The lowest BCUT2D eigenvalue weighted by atomic mass is 9.98. The highest BCUT2D eigenvalue weighted by Gasteiger charge is 2.22. The second-order valence-electron chi connectivity index (χ2n) is 9.13. The summed E-state index contributed by atoms with van der Waals surface area (Å²) in [6, 6.07) is 13.6. The summed E-state index contributed by atoms with van der Waals surface area (Å²) in [5.74, 6) is 1.89. The lowest BCUT2D eigenvalue weighted by Gasteiger charge is -2.29. The van der Waals surface area contributed by atoms with Gasteiger partial charge in [-0.2, -0.15) is 0 Å². The third kappa shape index (κ3) is 5.09. The topological polar surface area (TPSA) is 81.4 Å². The van der Waals surface area contributed by atoms with Crippen LogP contribution in [0.3, 0.4) is 0 Å². The predicted octanol–water partition coefficient (Wildman–Crippen LogP) is 3.18. The summed E-state index contributed by atoms with van der Waals surface area (Å²) in [5.41, 5.74) is 4.53. The number of nitrogens with zero attached hydrogens (tertiary/aromatic N) is 2. The predicted molar refractivity (Wildman–Crippen MR) is 133 cm³/mol. The molecular weight excluding hydrogens is 460 g/mol. The maximum atomic E-state index is 12.7. The molecule has 0 unspecified atom stereocenters. The van der Waals surface area contributed by atoms with E-state index in [-0.39, 0.29) is 23.7 Å². The summed E-state index contributed by atoms with van der Waals surface area (Å²) >= 11 is 0. The van der Waals surface area contributed by atoms with E-state index in [0.717, 1.165) is 30.7 Å². The minimum absolute atomic E-state index is 0.0466. The highest BCUT2D eigenvalue weighted by molar-refractivity contribution is 5.78. The van der Waals surface area contributed by atoms with Gasteiger partial charge < -0.3 is 23.5 Å². The van der Waals surface area contributed by atoms with Crippen LogP contribution in [0.5, 0.6) is 17.2 Å². The molecule has 0 atom stereocenters. The molecule has 0 radical (unpaired) electrons. The van der Waals surface area contributed by atoms with E-state index in [1.165, 1.54) is 29.0 Å². The fourth-order valence-electron chi connectivity index (χ4n) is 4.86. The number of hydrogen-bond donors (Lipinski definition) is 0. The van der Waals surface area contributed by atoms with Gasteiger partial charge in [0.05, 0.1) is 20.8 Å². The summed E-state index contributed by atoms with van der Waals surface area (Å²) < 4.78 is 22.1. The normalized spacial score (nSPS) is 15.1. The SMILES string of the molecule is COc1cc2c(cc1OC)CN(Cc1cc(=O)c(OCC(=O)N3CCc4ccccc4C3)co1)CC2. The van der Waals surface area contributed by atoms with E-state index in [1.807, 2.05) is 30.3 Å². The van der Waals surface area contributed by atoms with Crippen LogP contribution in [-0.2, 0) is 37.3 Å². The van der Waals surface area contributed by atoms with E-state index < -0.39 is 0 Å². The van der Waals surface area contributed by atoms with Crippen molar-refractivity contribution in [1.82, 2.24) is 9.80 Å². The first-order valence-electron chi connectivity index (χ1n) is 12.1. The quantitative estimate of drug-likeness (QED) is 0.503. The summed E-state index contributed by atoms with van der Waals surface area (Å²) in [5, 5.41) is 0. The zero-order valence-electron chi connectivity index (χ0n) is 20.6. The standard InChI is InChI=1S/C28H30N2O6/c1-33-25-11-20-7-9-29(14-22(20)12-26(25)34-2)16-23-13-24(31)27(17-35-23)36-18-28(32)30-10-8-19-5-3-4-6-21(19)15-30/h3-6,11-13,17H,7-10,14-16,18H2,1-2H3. The van der Waals surface area contributed by atoms with Crippen molar-refractivity contribution in [3.63, 3.8) is 0 Å². The first-order chi connectivity index (χ1) is 17.5. The molecule has 2 aliphatic rings. The Morgan fingerprint density at radius 1 is 0.889 bits per heavy atom. The molecule has 8 heteroatoms. The smallest absolute Gasteiger partial charge is 0.260 e. The Labute approximate surface area is 210 Å². The van der Waals surface area contributed by atoms with Gasteiger partial charge in [0.15, 0.2) is 18.1 Å². The summed E-state index contributed by atoms with van der Waals surface area (Å²) in [4.78, 5) is 29.3. The summed E-state index contributed by atoms with van der Waals surface area (Å²) in [6.45, 7) is 3.05. The first-order valence-corrected chi connectivity index (χ1v) is 12.1. The van der Waals surface area contributed by atoms with E-state index in [4.69, 9.17) is 18.6 Å². The molecule has 3 heterocycles. The van der Waals surface area contributed by atoms with Crippen molar-refractivity contribution < 1.29 is 23.4 Å². The van der Waals surface area contributed by atoms with Crippen molar-refractivity contribution >= 4 is 5.91 Å². The summed E-state index contributed by atoms with van der Waals surface area (Å²) in [7, 11) is 3.26. The molecule has 0 bridgehead atoms. The van der Waals surface area contributed by atoms with Gasteiger partial charge in [-0.05, 0) is 47.2 Å². The molecule has 8 nitrogen and oxygen atoms in total. The fraction of sp³-hybridized carbons (Fsp3) is 0.357. The largest absolute Gasteiger partial charge is 0.493 e. The van der Waals surface area contributed by atoms with Crippen LogP contribution in [-0.4, -0.2) is 49.6 Å². The highest BCUT2D eigenvalue weighted by atomic mass is 16.5. The monoisotopic (exact) mass is 490 g/mol. The Morgan fingerprint density at radius 2 is 1.61 bits per heavy atom. The van der Waals surface area contributed by atoms with Gasteiger partial charge in [0.25, 0.3) is 5.91 Å². The minimum Gasteiger partial charge on any atom is -0.493 e. The Morgan fingerprint density at radius 3 is 2.36 bits per heavy atom. The number of fused-ring (bicyclic) bond motifs is 2. The van der Waals surface area contributed by atoms with Gasteiger partial charge in [-0.3, -0.25) is 14.5 Å². The van der Waals surface area contributed by atoms with Crippen LogP contribution in [0, 0.1) is 0 Å². The van der Waals surface area contributed by atoms with E-state index in [0.29, 0.717) is 37.7 Å². The van der Waals surface area contributed by atoms with Gasteiger partial charge in [0.1, 0.15) is 12.0 Å². The van der Waals surface area contributed by atoms with Crippen molar-refractivity contribution in [3.05, 3.63) is 87.0 Å². The van der Waals surface area contributed by atoms with Crippen LogP contribution in [0.25, 0.3) is 0 Å². The molecule has 0 aliphatic carbocycles. The Kier molecular flexibility index (Phi) is 6.95. The molecule has 0 spiro atoms. The number of ether oxygens (including phenoxy) is 3. The van der Waals surface area contributed by atoms with E-state index in [9.17, 15) is 9.59 Å². The minimum atomic E-state index is -0.295. The number of carbonyl (C=O) groups excluding carboxylic acids is 1. The Bertz CT molecular complexity index is 1320. The molecule has 1 aromatic heterocycles. The van der Waals surface area contributed by atoms with Gasteiger partial charge in [-0.1, -0.05) is 24.3 Å². The van der Waals surface area contributed by atoms with Crippen molar-refractivity contribution in [3.8, 4) is 17.2 Å². The maximum Gasteiger partial charge on any atom is 0.260 e. The molecule has 0 saturated carbocycles. The highest BCUT2D eigenvalue weighted by Crippen LogP contribution is 2.33. The van der Waals surface area contributed by atoms with Gasteiger partial charge in [0, 0.05) is 32.2 Å². The average molecular weight is 491 g/mol. The molecule has 2 aliphatic heterocycles. The number of hydrogen-bond acceptors (Lipinski definition) is 7. The van der Waals surface area contributed by atoms with Crippen LogP contribution in [0.1, 0.15) is 28.0 Å². The lowest BCUT2D eigenvalue weighted by Crippen LogP contribution is -2.39. The lowest BCUT2D eigenvalue weighted by molar-refractivity contribution is -0.134. The number of methoxy groups -OCH3 is 2. The fourth-order valence-corrected chi connectivity index (χ4v) is 4.86. The van der Waals surface area contributed by atoms with E-state index in [1.54, 1.807) is 19.1 Å². The second-order valence-corrected chi connectivity index (χ2v) is 9.13. The maximum absolute atomic E-state index is 12.7. The molecule has 0 N–H and O–H groups in total. The first kappa shape index (κ1) is 23.9. The van der Waals surface area contributed by atoms with Crippen LogP contribution in [0.15, 0.2) is 57.9 Å². The Hall–Kier alpha value is -3.78. The zero-order valence-corrected chi connectivity index (χ0v) is 20.6. The molecule has 0 fully saturated rings. The van der Waals surface area contributed by atoms with E-state index in [2.05, 4.69) is 11.0 Å². The van der Waals surface area contributed by atoms with Gasteiger partial charge in [-0.25, -0.2) is 0 Å². The molecular formula is C28H30N2O6. The number of rotatable bonds is 7. The average Bonchev–Trinajstić information content (AvgIpc) is 2.91. The third-order valence-electron chi connectivity index (χ3n) is 6.86. The number of carbonyl (C=O) groups is 1. The third-order valence-corrected chi connectivity index (χ3v) is 6.86. The molecule has 188 valence electrons.